The molecular formula is C10H9F3N4. The number of hydrogen-bond acceptors (Lipinski definition) is 3. The number of aromatic nitrogens is 3. The summed E-state index contributed by atoms with van der Waals surface area (Å²) in [5, 5.41) is 3.89. The van der Waals surface area contributed by atoms with Crippen LogP contribution in [0.1, 0.15) is 11.4 Å². The lowest BCUT2D eigenvalue weighted by Crippen LogP contribution is -2.09. The first-order valence-electron chi connectivity index (χ1n) is 4.79. The number of nitrogens with two attached hydrogens (primary N) is 1. The lowest BCUT2D eigenvalue weighted by molar-refractivity contribution is -0.137. The number of hydrogen-bond donors (Lipinski definition) is 1. The van der Waals surface area contributed by atoms with Gasteiger partial charge in [-0.25, -0.2) is 9.67 Å². The van der Waals surface area contributed by atoms with Crippen LogP contribution < -0.4 is 5.73 Å². The Balaban J connectivity index is 2.36. The predicted molar refractivity (Wildman–Crippen MR) is 54.3 cm³/mol. The molecule has 0 aliphatic carbocycles. The molecule has 1 aromatic carbocycles. The van der Waals surface area contributed by atoms with E-state index in [0.29, 0.717) is 11.5 Å². The summed E-state index contributed by atoms with van der Waals surface area (Å²) in [4.78, 5) is 3.89. The van der Waals surface area contributed by atoms with Crippen molar-refractivity contribution >= 4 is 0 Å². The van der Waals surface area contributed by atoms with Crippen LogP contribution in [0, 0.1) is 0 Å². The number of alkyl halides is 3. The highest BCUT2D eigenvalue weighted by Gasteiger charge is 2.30. The van der Waals surface area contributed by atoms with E-state index in [4.69, 9.17) is 5.73 Å². The smallest absolute Gasteiger partial charge is 0.324 e. The van der Waals surface area contributed by atoms with Crippen molar-refractivity contribution in [2.24, 2.45) is 5.73 Å². The Morgan fingerprint density at radius 1 is 1.18 bits per heavy atom. The predicted octanol–water partition coefficient (Wildman–Crippen LogP) is 1.74. The first kappa shape index (κ1) is 11.6. The maximum absolute atomic E-state index is 12.4. The standard InChI is InChI=1S/C10H9F3N4/c11-10(12,13)7-1-3-8(4-2-7)17-9(5-14)15-6-16-17/h1-4,6H,5,14H2. The summed E-state index contributed by atoms with van der Waals surface area (Å²) in [5.41, 5.74) is 5.23. The fourth-order valence-corrected chi connectivity index (χ4v) is 1.41. The normalized spacial score (nSPS) is 11.8. The minimum atomic E-state index is -4.34. The van der Waals surface area contributed by atoms with E-state index >= 15 is 0 Å². The van der Waals surface area contributed by atoms with Gasteiger partial charge in [0.1, 0.15) is 12.2 Å². The van der Waals surface area contributed by atoms with Crippen LogP contribution >= 0.6 is 0 Å². The minimum absolute atomic E-state index is 0.168. The molecule has 7 heteroatoms. The van der Waals surface area contributed by atoms with Gasteiger partial charge in [-0.3, -0.25) is 0 Å². The largest absolute Gasteiger partial charge is 0.416 e. The highest BCUT2D eigenvalue weighted by molar-refractivity contribution is 5.35. The SMILES string of the molecule is NCc1ncnn1-c1ccc(C(F)(F)F)cc1. The Kier molecular flexibility index (Phi) is 2.84. The maximum Gasteiger partial charge on any atom is 0.416 e. The van der Waals surface area contributed by atoms with Gasteiger partial charge >= 0.3 is 6.18 Å². The summed E-state index contributed by atoms with van der Waals surface area (Å²) in [6, 6.07) is 4.65. The van der Waals surface area contributed by atoms with Crippen molar-refractivity contribution in [2.75, 3.05) is 0 Å². The van der Waals surface area contributed by atoms with E-state index in [1.165, 1.54) is 23.1 Å². The molecule has 4 nitrogen and oxygen atoms in total. The average molecular weight is 242 g/mol. The van der Waals surface area contributed by atoms with Gasteiger partial charge in [0, 0.05) is 0 Å². The molecule has 90 valence electrons. The second-order valence-corrected chi connectivity index (χ2v) is 3.34. The number of halogens is 3. The van der Waals surface area contributed by atoms with Crippen LogP contribution in [0.4, 0.5) is 13.2 Å². The van der Waals surface area contributed by atoms with E-state index in [1.54, 1.807) is 0 Å². The molecule has 0 bridgehead atoms. The van der Waals surface area contributed by atoms with E-state index in [0.717, 1.165) is 12.1 Å². The minimum Gasteiger partial charge on any atom is -0.324 e. The molecule has 0 radical (unpaired) electrons. The molecule has 1 heterocycles. The van der Waals surface area contributed by atoms with Gasteiger partial charge < -0.3 is 5.73 Å². The van der Waals surface area contributed by atoms with E-state index in [2.05, 4.69) is 10.1 Å². The van der Waals surface area contributed by atoms with Crippen molar-refractivity contribution < 1.29 is 13.2 Å². The molecule has 0 unspecified atom stereocenters. The lowest BCUT2D eigenvalue weighted by atomic mass is 10.2. The molecule has 2 N–H and O–H groups in total. The van der Waals surface area contributed by atoms with Gasteiger partial charge in [-0.15, -0.1) is 0 Å². The van der Waals surface area contributed by atoms with Gasteiger partial charge in [-0.1, -0.05) is 0 Å². The number of benzene rings is 1. The first-order valence-corrected chi connectivity index (χ1v) is 4.79. The summed E-state index contributed by atoms with van der Waals surface area (Å²) in [5.74, 6) is 0.491. The molecule has 0 atom stereocenters. The zero-order valence-corrected chi connectivity index (χ0v) is 8.65. The Bertz CT molecular complexity index is 501. The van der Waals surface area contributed by atoms with Gasteiger partial charge in [-0.2, -0.15) is 18.3 Å². The molecule has 2 rings (SSSR count). The van der Waals surface area contributed by atoms with Crippen LogP contribution in [-0.2, 0) is 12.7 Å². The summed E-state index contributed by atoms with van der Waals surface area (Å²) in [7, 11) is 0. The van der Waals surface area contributed by atoms with Crippen LogP contribution in [0.5, 0.6) is 0 Å². The van der Waals surface area contributed by atoms with Crippen LogP contribution in [0.2, 0.25) is 0 Å². The molecule has 0 fully saturated rings. The summed E-state index contributed by atoms with van der Waals surface area (Å²) < 4.78 is 38.5. The third-order valence-electron chi connectivity index (χ3n) is 2.24. The van der Waals surface area contributed by atoms with Crippen molar-refractivity contribution in [1.29, 1.82) is 0 Å². The Morgan fingerprint density at radius 2 is 1.82 bits per heavy atom. The van der Waals surface area contributed by atoms with E-state index in [1.807, 2.05) is 0 Å². The third kappa shape index (κ3) is 2.28. The first-order chi connectivity index (χ1) is 8.02. The number of nitrogens with zero attached hydrogens (tertiary/aromatic N) is 3. The third-order valence-corrected chi connectivity index (χ3v) is 2.24. The molecule has 0 spiro atoms. The van der Waals surface area contributed by atoms with Gasteiger partial charge in [0.05, 0.1) is 17.8 Å². The highest BCUT2D eigenvalue weighted by Crippen LogP contribution is 2.29. The Labute approximate surface area is 94.9 Å². The van der Waals surface area contributed by atoms with E-state index in [-0.39, 0.29) is 6.54 Å². The fourth-order valence-electron chi connectivity index (χ4n) is 1.41. The van der Waals surface area contributed by atoms with Gasteiger partial charge in [0.2, 0.25) is 0 Å². The van der Waals surface area contributed by atoms with Gasteiger partial charge in [-0.05, 0) is 24.3 Å². The van der Waals surface area contributed by atoms with Crippen molar-refractivity contribution in [2.45, 2.75) is 12.7 Å². The molecule has 0 amide bonds. The molecular weight excluding hydrogens is 233 g/mol. The molecule has 0 aliphatic heterocycles. The molecule has 0 saturated heterocycles. The van der Waals surface area contributed by atoms with Crippen molar-refractivity contribution in [3.05, 3.63) is 42.0 Å². The van der Waals surface area contributed by atoms with E-state index < -0.39 is 11.7 Å². The lowest BCUT2D eigenvalue weighted by Gasteiger charge is -2.08. The molecule has 0 aliphatic rings. The molecule has 17 heavy (non-hydrogen) atoms. The van der Waals surface area contributed by atoms with Crippen molar-refractivity contribution in [3.8, 4) is 5.69 Å². The maximum atomic E-state index is 12.4. The molecule has 2 aromatic rings. The molecule has 0 saturated carbocycles. The second kappa shape index (κ2) is 4.17. The summed E-state index contributed by atoms with van der Waals surface area (Å²) in [6.07, 6.45) is -3.03. The fraction of sp³-hybridized carbons (Fsp3) is 0.200. The quantitative estimate of drug-likeness (QED) is 0.872. The van der Waals surface area contributed by atoms with Crippen LogP contribution in [-0.4, -0.2) is 14.8 Å². The van der Waals surface area contributed by atoms with Crippen LogP contribution in [0.3, 0.4) is 0 Å². The average Bonchev–Trinajstić information content (AvgIpc) is 2.76. The molecule has 1 aromatic heterocycles. The van der Waals surface area contributed by atoms with E-state index in [9.17, 15) is 13.2 Å². The zero-order valence-electron chi connectivity index (χ0n) is 8.65. The van der Waals surface area contributed by atoms with Crippen LogP contribution in [0.15, 0.2) is 30.6 Å². The Morgan fingerprint density at radius 3 is 2.35 bits per heavy atom. The van der Waals surface area contributed by atoms with Crippen molar-refractivity contribution in [3.63, 3.8) is 0 Å². The summed E-state index contributed by atoms with van der Waals surface area (Å²) in [6.45, 7) is 0.168. The summed E-state index contributed by atoms with van der Waals surface area (Å²) >= 11 is 0. The highest BCUT2D eigenvalue weighted by atomic mass is 19.4. The monoisotopic (exact) mass is 242 g/mol. The van der Waals surface area contributed by atoms with Crippen molar-refractivity contribution in [1.82, 2.24) is 14.8 Å². The Hall–Kier alpha value is -1.89. The van der Waals surface area contributed by atoms with Crippen LogP contribution in [0.25, 0.3) is 5.69 Å². The van der Waals surface area contributed by atoms with Gasteiger partial charge in [0.25, 0.3) is 0 Å². The topological polar surface area (TPSA) is 56.7 Å². The van der Waals surface area contributed by atoms with Gasteiger partial charge in [0.15, 0.2) is 0 Å². The second-order valence-electron chi connectivity index (χ2n) is 3.34. The number of rotatable bonds is 2. The zero-order chi connectivity index (χ0) is 12.5.